The molecule has 0 spiro atoms. The van der Waals surface area contributed by atoms with Gasteiger partial charge in [-0.05, 0) is 25.0 Å². The smallest absolute Gasteiger partial charge is 0.337 e. The predicted molar refractivity (Wildman–Crippen MR) is 72.3 cm³/mol. The van der Waals surface area contributed by atoms with Crippen LogP contribution in [-0.2, 0) is 0 Å². The predicted octanol–water partition coefficient (Wildman–Crippen LogP) is 2.21. The lowest BCUT2D eigenvalue weighted by Crippen LogP contribution is -2.31. The van der Waals surface area contributed by atoms with E-state index in [2.05, 4.69) is 18.8 Å². The van der Waals surface area contributed by atoms with Crippen LogP contribution in [0.1, 0.15) is 46.8 Å². The first-order valence-electron chi connectivity index (χ1n) is 6.33. The quantitative estimate of drug-likeness (QED) is 0.885. The molecule has 0 aliphatic rings. The Morgan fingerprint density at radius 2 is 2.05 bits per heavy atom. The molecular weight excluding hydrogens is 244 g/mol. The summed E-state index contributed by atoms with van der Waals surface area (Å²) in [6.45, 7) is 6.41. The van der Waals surface area contributed by atoms with Gasteiger partial charge in [-0.3, -0.25) is 4.79 Å². The van der Waals surface area contributed by atoms with Gasteiger partial charge in [0.2, 0.25) is 0 Å². The number of aryl methyl sites for hydroxylation is 1. The zero-order valence-corrected chi connectivity index (χ0v) is 11.8. The molecule has 1 unspecified atom stereocenters. The number of carboxylic acids is 1. The van der Waals surface area contributed by atoms with Crippen molar-refractivity contribution in [2.45, 2.75) is 27.2 Å². The first-order valence-corrected chi connectivity index (χ1v) is 6.33. The summed E-state index contributed by atoms with van der Waals surface area (Å²) in [5, 5.41) is 8.92. The summed E-state index contributed by atoms with van der Waals surface area (Å²) in [6.07, 6.45) is 1.00. The number of aromatic nitrogens is 1. The van der Waals surface area contributed by atoms with Crippen LogP contribution >= 0.6 is 0 Å². The van der Waals surface area contributed by atoms with Crippen molar-refractivity contribution in [1.29, 1.82) is 0 Å². The number of hydrogen-bond acceptors (Lipinski definition) is 3. The second-order valence-electron chi connectivity index (χ2n) is 4.83. The Labute approximate surface area is 113 Å². The Kier molecular flexibility index (Phi) is 5.03. The third-order valence-electron chi connectivity index (χ3n) is 3.16. The second-order valence-corrected chi connectivity index (χ2v) is 4.83. The standard InChI is InChI=1S/C14H20N2O3/c1-5-9(2)8-16(4)13(17)12-7-6-11(14(18)19)10(3)15-12/h6-7,9H,5,8H2,1-4H3,(H,18,19). The molecule has 1 N–H and O–H groups in total. The maximum absolute atomic E-state index is 12.1. The van der Waals surface area contributed by atoms with Crippen LogP contribution in [0.4, 0.5) is 0 Å². The Bertz CT molecular complexity index is 486. The zero-order chi connectivity index (χ0) is 14.6. The highest BCUT2D eigenvalue weighted by molar-refractivity contribution is 5.94. The van der Waals surface area contributed by atoms with Crippen molar-refractivity contribution in [3.05, 3.63) is 29.1 Å². The van der Waals surface area contributed by atoms with Gasteiger partial charge in [-0.25, -0.2) is 9.78 Å². The molecule has 19 heavy (non-hydrogen) atoms. The van der Waals surface area contributed by atoms with Crippen LogP contribution in [0.3, 0.4) is 0 Å². The lowest BCUT2D eigenvalue weighted by molar-refractivity contribution is 0.0692. The molecular formula is C14H20N2O3. The lowest BCUT2D eigenvalue weighted by Gasteiger charge is -2.20. The number of nitrogens with zero attached hydrogens (tertiary/aromatic N) is 2. The van der Waals surface area contributed by atoms with Gasteiger partial charge in [-0.15, -0.1) is 0 Å². The molecule has 0 aliphatic carbocycles. The molecule has 1 amide bonds. The van der Waals surface area contributed by atoms with E-state index >= 15 is 0 Å². The Balaban J connectivity index is 2.89. The number of aromatic carboxylic acids is 1. The summed E-state index contributed by atoms with van der Waals surface area (Å²) in [5.74, 6) is -0.786. The average Bonchev–Trinajstić information content (AvgIpc) is 2.36. The van der Waals surface area contributed by atoms with Gasteiger partial charge in [-0.1, -0.05) is 20.3 Å². The first kappa shape index (κ1) is 15.1. The van der Waals surface area contributed by atoms with Gasteiger partial charge in [0.05, 0.1) is 11.3 Å². The number of carboxylic acid groups (broad SMARTS) is 1. The van der Waals surface area contributed by atoms with E-state index in [1.807, 2.05) is 0 Å². The van der Waals surface area contributed by atoms with Crippen molar-refractivity contribution >= 4 is 11.9 Å². The van der Waals surface area contributed by atoms with Crippen LogP contribution in [0.25, 0.3) is 0 Å². The van der Waals surface area contributed by atoms with Crippen molar-refractivity contribution in [3.8, 4) is 0 Å². The minimum atomic E-state index is -1.03. The Hall–Kier alpha value is -1.91. The molecule has 5 nitrogen and oxygen atoms in total. The SMILES string of the molecule is CCC(C)CN(C)C(=O)c1ccc(C(=O)O)c(C)n1. The molecule has 1 rings (SSSR count). The van der Waals surface area contributed by atoms with E-state index < -0.39 is 5.97 Å². The van der Waals surface area contributed by atoms with E-state index in [1.54, 1.807) is 18.9 Å². The summed E-state index contributed by atoms with van der Waals surface area (Å²) in [4.78, 5) is 28.7. The van der Waals surface area contributed by atoms with Crippen LogP contribution in [-0.4, -0.2) is 40.5 Å². The molecule has 104 valence electrons. The van der Waals surface area contributed by atoms with Gasteiger partial charge in [0.25, 0.3) is 5.91 Å². The number of carbonyl (C=O) groups excluding carboxylic acids is 1. The van der Waals surface area contributed by atoms with E-state index in [0.29, 0.717) is 18.2 Å². The molecule has 1 heterocycles. The largest absolute Gasteiger partial charge is 0.478 e. The molecule has 1 atom stereocenters. The van der Waals surface area contributed by atoms with Crippen LogP contribution in [0.15, 0.2) is 12.1 Å². The molecule has 0 aliphatic heterocycles. The van der Waals surface area contributed by atoms with Gasteiger partial charge in [0, 0.05) is 13.6 Å². The fourth-order valence-corrected chi connectivity index (χ4v) is 1.78. The third kappa shape index (κ3) is 3.77. The summed E-state index contributed by atoms with van der Waals surface area (Å²) in [5.41, 5.74) is 0.768. The van der Waals surface area contributed by atoms with Crippen molar-refractivity contribution < 1.29 is 14.7 Å². The normalized spacial score (nSPS) is 12.0. The molecule has 5 heteroatoms. The van der Waals surface area contributed by atoms with Crippen molar-refractivity contribution in [2.75, 3.05) is 13.6 Å². The maximum atomic E-state index is 12.1. The van der Waals surface area contributed by atoms with Crippen LogP contribution in [0.2, 0.25) is 0 Å². The topological polar surface area (TPSA) is 70.5 Å². The Morgan fingerprint density at radius 1 is 1.42 bits per heavy atom. The van der Waals surface area contributed by atoms with Crippen LogP contribution in [0, 0.1) is 12.8 Å². The summed E-state index contributed by atoms with van der Waals surface area (Å²) in [6, 6.07) is 2.89. The van der Waals surface area contributed by atoms with Gasteiger partial charge >= 0.3 is 5.97 Å². The van der Waals surface area contributed by atoms with E-state index in [0.717, 1.165) is 6.42 Å². The molecule has 0 radical (unpaired) electrons. The van der Waals surface area contributed by atoms with Crippen molar-refractivity contribution in [2.24, 2.45) is 5.92 Å². The molecule has 0 bridgehead atoms. The molecule has 1 aromatic heterocycles. The highest BCUT2D eigenvalue weighted by atomic mass is 16.4. The monoisotopic (exact) mass is 264 g/mol. The second kappa shape index (κ2) is 6.31. The Morgan fingerprint density at radius 3 is 2.53 bits per heavy atom. The van der Waals surface area contributed by atoms with Gasteiger partial charge < -0.3 is 10.0 Å². The fraction of sp³-hybridized carbons (Fsp3) is 0.500. The molecule has 0 fully saturated rings. The van der Waals surface area contributed by atoms with E-state index in [1.165, 1.54) is 12.1 Å². The average molecular weight is 264 g/mol. The maximum Gasteiger partial charge on any atom is 0.337 e. The first-order chi connectivity index (χ1) is 8.86. The number of amides is 1. The van der Waals surface area contributed by atoms with E-state index in [4.69, 9.17) is 5.11 Å². The highest BCUT2D eigenvalue weighted by Gasteiger charge is 2.17. The lowest BCUT2D eigenvalue weighted by atomic mass is 10.1. The van der Waals surface area contributed by atoms with Crippen molar-refractivity contribution in [1.82, 2.24) is 9.88 Å². The zero-order valence-electron chi connectivity index (χ0n) is 11.8. The number of carbonyl (C=O) groups is 2. The highest BCUT2D eigenvalue weighted by Crippen LogP contribution is 2.10. The molecule has 0 saturated heterocycles. The van der Waals surface area contributed by atoms with Gasteiger partial charge in [-0.2, -0.15) is 0 Å². The number of pyridine rings is 1. The summed E-state index contributed by atoms with van der Waals surface area (Å²) >= 11 is 0. The number of rotatable bonds is 5. The number of hydrogen-bond donors (Lipinski definition) is 1. The summed E-state index contributed by atoms with van der Waals surface area (Å²) in [7, 11) is 1.73. The van der Waals surface area contributed by atoms with E-state index in [9.17, 15) is 9.59 Å². The summed E-state index contributed by atoms with van der Waals surface area (Å²) < 4.78 is 0. The third-order valence-corrected chi connectivity index (χ3v) is 3.16. The van der Waals surface area contributed by atoms with E-state index in [-0.39, 0.29) is 17.2 Å². The molecule has 1 aromatic rings. The fourth-order valence-electron chi connectivity index (χ4n) is 1.78. The molecule has 0 saturated carbocycles. The minimum absolute atomic E-state index is 0.126. The minimum Gasteiger partial charge on any atom is -0.478 e. The van der Waals surface area contributed by atoms with Crippen molar-refractivity contribution in [3.63, 3.8) is 0 Å². The van der Waals surface area contributed by atoms with Gasteiger partial charge in [0.1, 0.15) is 5.69 Å². The van der Waals surface area contributed by atoms with Crippen LogP contribution in [0.5, 0.6) is 0 Å². The van der Waals surface area contributed by atoms with Crippen LogP contribution < -0.4 is 0 Å². The van der Waals surface area contributed by atoms with Gasteiger partial charge in [0.15, 0.2) is 0 Å². The molecule has 0 aromatic carbocycles.